The van der Waals surface area contributed by atoms with Crippen LogP contribution in [0.2, 0.25) is 0 Å². The zero-order valence-electron chi connectivity index (χ0n) is 13.5. The molecule has 140 valence electrons. The number of hydrogen-bond acceptors (Lipinski definition) is 7. The van der Waals surface area contributed by atoms with Gasteiger partial charge in [0.05, 0.1) is 19.6 Å². The maximum atomic E-state index is 10.7. The molecule has 0 amide bonds. The fourth-order valence-corrected chi connectivity index (χ4v) is 2.28. The molecule has 0 aliphatic carbocycles. The molecule has 0 spiro atoms. The number of aliphatic carboxylic acids is 3. The molecule has 0 unspecified atom stereocenters. The van der Waals surface area contributed by atoms with Crippen molar-refractivity contribution in [3.8, 4) is 0 Å². The van der Waals surface area contributed by atoms with Gasteiger partial charge in [0.15, 0.2) is 6.29 Å². The van der Waals surface area contributed by atoms with E-state index in [1.54, 1.807) is 0 Å². The molecule has 0 aromatic rings. The van der Waals surface area contributed by atoms with E-state index in [4.69, 9.17) is 25.5 Å². The van der Waals surface area contributed by atoms with E-state index < -0.39 is 24.2 Å². The summed E-state index contributed by atoms with van der Waals surface area (Å²) in [6, 6.07) is 0. The Kier molecular flexibility index (Phi) is 11.7. The fraction of sp³-hybridized carbons (Fsp3) is 0.786. The molecule has 0 bridgehead atoms. The van der Waals surface area contributed by atoms with E-state index in [0.717, 1.165) is 12.8 Å². The van der Waals surface area contributed by atoms with E-state index in [1.165, 1.54) is 9.80 Å². The highest BCUT2D eigenvalue weighted by molar-refractivity contribution is 5.72. The van der Waals surface area contributed by atoms with Crippen molar-refractivity contribution in [2.45, 2.75) is 32.0 Å². The molecule has 0 rings (SSSR count). The van der Waals surface area contributed by atoms with Crippen LogP contribution in [-0.2, 0) is 14.4 Å². The summed E-state index contributed by atoms with van der Waals surface area (Å²) in [5.74, 6) is -3.21. The molecule has 0 radical (unpaired) electrons. The van der Waals surface area contributed by atoms with Gasteiger partial charge in [-0.3, -0.25) is 24.2 Å². The van der Waals surface area contributed by atoms with Crippen LogP contribution in [0.4, 0.5) is 0 Å². The summed E-state index contributed by atoms with van der Waals surface area (Å²) in [5, 5.41) is 44.0. The molecule has 0 aliphatic rings. The Morgan fingerprint density at radius 1 is 0.667 bits per heavy atom. The van der Waals surface area contributed by atoms with Gasteiger partial charge >= 0.3 is 17.9 Å². The lowest BCUT2D eigenvalue weighted by Gasteiger charge is -2.21. The monoisotopic (exact) mass is 350 g/mol. The lowest BCUT2D eigenvalue weighted by atomic mass is 10.1. The standard InChI is InChI=1S/C14H26N2O8/c17-11(18)7-15(8-12(19)20)5-3-1-2-4-6-16(9-13(21)22)10-14(23)24/h11,17-18H,1-10H2,(H,19,20)(H,21,22)(H,23,24). The normalized spacial score (nSPS) is 11.4. The van der Waals surface area contributed by atoms with Gasteiger partial charge in [0, 0.05) is 6.54 Å². The van der Waals surface area contributed by atoms with Gasteiger partial charge in [-0.05, 0) is 25.9 Å². The van der Waals surface area contributed by atoms with Gasteiger partial charge in [-0.2, -0.15) is 0 Å². The maximum absolute atomic E-state index is 10.7. The number of carbonyl (C=O) groups is 3. The van der Waals surface area contributed by atoms with Gasteiger partial charge in [0.25, 0.3) is 0 Å². The van der Waals surface area contributed by atoms with Gasteiger partial charge in [0.2, 0.25) is 0 Å². The molecule has 24 heavy (non-hydrogen) atoms. The third-order valence-electron chi connectivity index (χ3n) is 3.20. The number of nitrogens with zero attached hydrogens (tertiary/aromatic N) is 2. The molecule has 5 N–H and O–H groups in total. The maximum Gasteiger partial charge on any atom is 0.317 e. The van der Waals surface area contributed by atoms with E-state index in [0.29, 0.717) is 25.9 Å². The Morgan fingerprint density at radius 2 is 1.04 bits per heavy atom. The number of aliphatic hydroxyl groups excluding tert-OH is 1. The second-order valence-electron chi connectivity index (χ2n) is 5.52. The molecule has 0 fully saturated rings. The molecule has 0 aromatic heterocycles. The molecule has 0 atom stereocenters. The van der Waals surface area contributed by atoms with Crippen LogP contribution in [0, 0.1) is 0 Å². The summed E-state index contributed by atoms with van der Waals surface area (Å²) in [6.45, 7) is -0.315. The van der Waals surface area contributed by atoms with Crippen molar-refractivity contribution in [2.24, 2.45) is 0 Å². The zero-order chi connectivity index (χ0) is 18.5. The Bertz CT molecular complexity index is 386. The average molecular weight is 350 g/mol. The summed E-state index contributed by atoms with van der Waals surface area (Å²) in [5.41, 5.74) is 0. The summed E-state index contributed by atoms with van der Waals surface area (Å²) in [7, 11) is 0. The highest BCUT2D eigenvalue weighted by Gasteiger charge is 2.14. The van der Waals surface area contributed by atoms with E-state index in [-0.39, 0.29) is 26.2 Å². The lowest BCUT2D eigenvalue weighted by Crippen LogP contribution is -2.37. The highest BCUT2D eigenvalue weighted by Crippen LogP contribution is 2.04. The number of carboxylic acid groups (broad SMARTS) is 3. The van der Waals surface area contributed by atoms with Crippen LogP contribution >= 0.6 is 0 Å². The van der Waals surface area contributed by atoms with Crippen molar-refractivity contribution in [1.82, 2.24) is 9.80 Å². The second kappa shape index (κ2) is 12.6. The molecular formula is C14H26N2O8. The number of carboxylic acids is 3. The Balaban J connectivity index is 3.97. The van der Waals surface area contributed by atoms with Gasteiger partial charge in [-0.15, -0.1) is 0 Å². The van der Waals surface area contributed by atoms with Crippen LogP contribution in [0.5, 0.6) is 0 Å². The molecule has 0 saturated carbocycles. The zero-order valence-corrected chi connectivity index (χ0v) is 13.5. The van der Waals surface area contributed by atoms with Crippen LogP contribution in [0.1, 0.15) is 25.7 Å². The Hall–Kier alpha value is -1.75. The van der Waals surface area contributed by atoms with E-state index in [9.17, 15) is 14.4 Å². The van der Waals surface area contributed by atoms with Crippen LogP contribution < -0.4 is 0 Å². The van der Waals surface area contributed by atoms with E-state index in [2.05, 4.69) is 0 Å². The van der Waals surface area contributed by atoms with Crippen molar-refractivity contribution in [3.05, 3.63) is 0 Å². The first-order valence-corrected chi connectivity index (χ1v) is 7.67. The van der Waals surface area contributed by atoms with Gasteiger partial charge < -0.3 is 25.5 Å². The topological polar surface area (TPSA) is 159 Å². The minimum absolute atomic E-state index is 0.142. The summed E-state index contributed by atoms with van der Waals surface area (Å²) in [4.78, 5) is 34.7. The highest BCUT2D eigenvalue weighted by atomic mass is 16.5. The van der Waals surface area contributed by atoms with Gasteiger partial charge in [-0.25, -0.2) is 0 Å². The predicted octanol–water partition coefficient (Wildman–Crippen LogP) is -1.28. The van der Waals surface area contributed by atoms with Crippen LogP contribution in [0.3, 0.4) is 0 Å². The van der Waals surface area contributed by atoms with Crippen LogP contribution in [0.25, 0.3) is 0 Å². The summed E-state index contributed by atoms with van der Waals surface area (Å²) in [6.07, 6.45) is 1.16. The molecule has 0 aromatic carbocycles. The molecule has 0 heterocycles. The third-order valence-corrected chi connectivity index (χ3v) is 3.20. The molecular weight excluding hydrogens is 324 g/mol. The fourth-order valence-electron chi connectivity index (χ4n) is 2.28. The first kappa shape index (κ1) is 22.2. The first-order chi connectivity index (χ1) is 11.2. The number of rotatable bonds is 15. The third kappa shape index (κ3) is 13.9. The number of aliphatic hydroxyl groups is 2. The van der Waals surface area contributed by atoms with Gasteiger partial charge in [0.1, 0.15) is 0 Å². The number of unbranched alkanes of at least 4 members (excludes halogenated alkanes) is 3. The van der Waals surface area contributed by atoms with Gasteiger partial charge in [-0.1, -0.05) is 12.8 Å². The van der Waals surface area contributed by atoms with Crippen molar-refractivity contribution in [3.63, 3.8) is 0 Å². The van der Waals surface area contributed by atoms with Crippen LogP contribution in [-0.4, -0.2) is 98.8 Å². The minimum Gasteiger partial charge on any atom is -0.480 e. The van der Waals surface area contributed by atoms with Crippen molar-refractivity contribution < 1.29 is 39.9 Å². The molecule has 10 heteroatoms. The van der Waals surface area contributed by atoms with Crippen molar-refractivity contribution in [1.29, 1.82) is 0 Å². The Morgan fingerprint density at radius 3 is 1.42 bits per heavy atom. The predicted molar refractivity (Wildman–Crippen MR) is 82.5 cm³/mol. The average Bonchev–Trinajstić information content (AvgIpc) is 2.39. The molecule has 0 aliphatic heterocycles. The Labute approximate surface area is 139 Å². The lowest BCUT2D eigenvalue weighted by molar-refractivity contribution is -0.142. The first-order valence-electron chi connectivity index (χ1n) is 7.67. The van der Waals surface area contributed by atoms with Crippen molar-refractivity contribution in [2.75, 3.05) is 39.3 Å². The molecule has 10 nitrogen and oxygen atoms in total. The summed E-state index contributed by atoms with van der Waals surface area (Å²) < 4.78 is 0. The SMILES string of the molecule is O=C(O)CN(CCCCCCN(CC(=O)O)CC(O)O)CC(=O)O. The smallest absolute Gasteiger partial charge is 0.317 e. The van der Waals surface area contributed by atoms with E-state index in [1.807, 2.05) is 0 Å². The molecule has 0 saturated heterocycles. The van der Waals surface area contributed by atoms with Crippen LogP contribution in [0.15, 0.2) is 0 Å². The number of hydrogen-bond donors (Lipinski definition) is 5. The quantitative estimate of drug-likeness (QED) is 0.178. The van der Waals surface area contributed by atoms with E-state index >= 15 is 0 Å². The summed E-state index contributed by atoms with van der Waals surface area (Å²) >= 11 is 0. The van der Waals surface area contributed by atoms with Crippen molar-refractivity contribution >= 4 is 17.9 Å². The second-order valence-corrected chi connectivity index (χ2v) is 5.52. The largest absolute Gasteiger partial charge is 0.480 e. The minimum atomic E-state index is -1.59.